The summed E-state index contributed by atoms with van der Waals surface area (Å²) in [5, 5.41) is 0. The van der Waals surface area contributed by atoms with Gasteiger partial charge in [0.1, 0.15) is 12.7 Å². The lowest BCUT2D eigenvalue weighted by molar-refractivity contribution is -0.0613. The maximum Gasteiger partial charge on any atom is 0.508 e. The van der Waals surface area contributed by atoms with Crippen molar-refractivity contribution in [2.45, 2.75) is 111 Å². The average molecular weight is 547 g/mol. The highest BCUT2D eigenvalue weighted by atomic mass is 16.7. The average Bonchev–Trinajstić information content (AvgIpc) is 3.29. The first-order chi connectivity index (χ1) is 19.2. The first-order valence-electron chi connectivity index (χ1n) is 16.4. The number of fused-ring (bicyclic) bond motifs is 5. The Kier molecular flexibility index (Phi) is 9.17. The monoisotopic (exact) mass is 546 g/mol. The predicted molar refractivity (Wildman–Crippen MR) is 165 cm³/mol. The van der Waals surface area contributed by atoms with E-state index in [1.54, 1.807) is 5.57 Å². The molecule has 0 aromatic heterocycles. The second kappa shape index (κ2) is 12.5. The fraction of sp³-hybridized carbons (Fsp3) is 0.703. The molecule has 1 aromatic carbocycles. The van der Waals surface area contributed by atoms with Crippen LogP contribution in [0.1, 0.15) is 111 Å². The molecule has 4 aliphatic carbocycles. The van der Waals surface area contributed by atoms with Crippen LogP contribution < -0.4 is 0 Å². The van der Waals surface area contributed by atoms with Gasteiger partial charge in [0.2, 0.25) is 0 Å². The minimum absolute atomic E-state index is 0.0575. The molecule has 5 rings (SSSR count). The second-order valence-corrected chi connectivity index (χ2v) is 14.6. The van der Waals surface area contributed by atoms with Crippen molar-refractivity contribution in [3.05, 3.63) is 53.6 Å². The highest BCUT2D eigenvalue weighted by molar-refractivity contribution is 5.60. The van der Waals surface area contributed by atoms with Gasteiger partial charge in [-0.2, -0.15) is 0 Å². The van der Waals surface area contributed by atoms with Crippen molar-refractivity contribution < 1.29 is 14.3 Å². The molecule has 220 valence electrons. The Morgan fingerprint density at radius 1 is 1.00 bits per heavy atom. The lowest BCUT2D eigenvalue weighted by Gasteiger charge is -2.58. The van der Waals surface area contributed by atoms with Crippen molar-refractivity contribution in [1.82, 2.24) is 0 Å². The Morgan fingerprint density at radius 2 is 1.80 bits per heavy atom. The van der Waals surface area contributed by atoms with Gasteiger partial charge < -0.3 is 9.47 Å². The van der Waals surface area contributed by atoms with Gasteiger partial charge in [0, 0.05) is 6.42 Å². The Hall–Kier alpha value is -2.03. The molecule has 0 amide bonds. The van der Waals surface area contributed by atoms with E-state index in [2.05, 4.69) is 40.7 Å². The van der Waals surface area contributed by atoms with Gasteiger partial charge in [0.05, 0.1) is 0 Å². The van der Waals surface area contributed by atoms with Crippen LogP contribution in [-0.2, 0) is 9.47 Å². The Labute approximate surface area is 244 Å². The summed E-state index contributed by atoms with van der Waals surface area (Å²) in [5.74, 6) is 5.09. The van der Waals surface area contributed by atoms with Gasteiger partial charge in [-0.25, -0.2) is 4.79 Å². The third kappa shape index (κ3) is 6.09. The summed E-state index contributed by atoms with van der Waals surface area (Å²) in [4.78, 5) is 12.4. The highest BCUT2D eigenvalue weighted by Gasteiger charge is 2.59. The summed E-state index contributed by atoms with van der Waals surface area (Å²) >= 11 is 0. The molecule has 8 atom stereocenters. The zero-order valence-electron chi connectivity index (χ0n) is 25.9. The molecule has 3 heteroatoms. The van der Waals surface area contributed by atoms with E-state index in [0.29, 0.717) is 5.41 Å². The van der Waals surface area contributed by atoms with Crippen molar-refractivity contribution >= 4 is 12.2 Å². The smallest absolute Gasteiger partial charge is 0.431 e. The van der Waals surface area contributed by atoms with Crippen LogP contribution in [0.25, 0.3) is 6.08 Å². The molecule has 0 unspecified atom stereocenters. The second-order valence-electron chi connectivity index (χ2n) is 14.6. The predicted octanol–water partition coefficient (Wildman–Crippen LogP) is 10.3. The van der Waals surface area contributed by atoms with E-state index >= 15 is 0 Å². The molecular weight excluding hydrogens is 492 g/mol. The molecule has 0 bridgehead atoms. The van der Waals surface area contributed by atoms with E-state index in [-0.39, 0.29) is 18.1 Å². The number of benzene rings is 1. The van der Waals surface area contributed by atoms with Crippen molar-refractivity contribution in [3.63, 3.8) is 0 Å². The minimum atomic E-state index is -0.534. The fourth-order valence-corrected chi connectivity index (χ4v) is 9.79. The number of hydrogen-bond acceptors (Lipinski definition) is 3. The van der Waals surface area contributed by atoms with Gasteiger partial charge in [0.25, 0.3) is 0 Å². The number of carbonyl (C=O) groups is 1. The standard InChI is InChI=1S/C37H54O3/c1-26(2)11-9-12-27(3)32-18-19-33-31-17-16-29-25-30(20-22-36(29,4)34(31)21-23-37(32,33)5)40-35(38)39-24-10-15-28-13-7-6-8-14-28/h6-8,10,13-16,26-27,30-34H,9,11-12,17-25H2,1-5H3/t27-,30+,31+,32-,33+,34+,36+,37-/m1/s1. The van der Waals surface area contributed by atoms with Gasteiger partial charge in [-0.3, -0.25) is 0 Å². The van der Waals surface area contributed by atoms with Crippen molar-refractivity contribution in [2.75, 3.05) is 6.61 Å². The topological polar surface area (TPSA) is 35.5 Å². The summed E-state index contributed by atoms with van der Waals surface area (Å²) in [5.41, 5.74) is 3.45. The quantitative estimate of drug-likeness (QED) is 0.228. The Balaban J connectivity index is 1.16. The van der Waals surface area contributed by atoms with Gasteiger partial charge in [-0.05, 0) is 103 Å². The van der Waals surface area contributed by atoms with Crippen LogP contribution in [-0.4, -0.2) is 18.9 Å². The SMILES string of the molecule is CC(C)CCC[C@@H](C)[C@H]1CC[C@H]2[C@@H]3CC=C4C[C@@H](OC(=O)OCC=Cc5ccccc5)CC[C@]4(C)[C@H]3CC[C@]12C. The van der Waals surface area contributed by atoms with Gasteiger partial charge >= 0.3 is 6.16 Å². The molecule has 0 saturated heterocycles. The van der Waals surface area contributed by atoms with Crippen molar-refractivity contribution in [3.8, 4) is 0 Å². The largest absolute Gasteiger partial charge is 0.508 e. The van der Waals surface area contributed by atoms with E-state index < -0.39 is 6.16 Å². The fourth-order valence-electron chi connectivity index (χ4n) is 9.79. The van der Waals surface area contributed by atoms with E-state index in [1.807, 2.05) is 42.5 Å². The van der Waals surface area contributed by atoms with Crippen LogP contribution >= 0.6 is 0 Å². The lowest BCUT2D eigenvalue weighted by Crippen LogP contribution is -2.51. The van der Waals surface area contributed by atoms with Crippen LogP contribution in [0.4, 0.5) is 4.79 Å². The van der Waals surface area contributed by atoms with Gasteiger partial charge in [-0.1, -0.05) is 102 Å². The maximum absolute atomic E-state index is 12.4. The molecule has 3 nitrogen and oxygen atoms in total. The van der Waals surface area contributed by atoms with Gasteiger partial charge in [-0.15, -0.1) is 0 Å². The molecule has 3 fully saturated rings. The van der Waals surface area contributed by atoms with Crippen LogP contribution in [0.3, 0.4) is 0 Å². The molecule has 0 aliphatic heterocycles. The molecule has 40 heavy (non-hydrogen) atoms. The highest BCUT2D eigenvalue weighted by Crippen LogP contribution is 2.67. The van der Waals surface area contributed by atoms with Crippen LogP contribution in [0.2, 0.25) is 0 Å². The van der Waals surface area contributed by atoms with Crippen LogP contribution in [0.5, 0.6) is 0 Å². The zero-order chi connectivity index (χ0) is 28.3. The molecular formula is C37H54O3. The Morgan fingerprint density at radius 3 is 2.58 bits per heavy atom. The van der Waals surface area contributed by atoms with E-state index in [4.69, 9.17) is 9.47 Å². The molecule has 0 N–H and O–H groups in total. The number of hydrogen-bond donors (Lipinski definition) is 0. The normalized spacial score (nSPS) is 36.0. The third-order valence-corrected chi connectivity index (χ3v) is 11.9. The maximum atomic E-state index is 12.4. The molecule has 0 spiro atoms. The molecule has 4 aliphatic rings. The molecule has 3 saturated carbocycles. The zero-order valence-corrected chi connectivity index (χ0v) is 25.9. The van der Waals surface area contributed by atoms with E-state index in [1.165, 1.54) is 51.4 Å². The Bertz CT molecular complexity index is 1060. The summed E-state index contributed by atoms with van der Waals surface area (Å²) in [7, 11) is 0. The summed E-state index contributed by atoms with van der Waals surface area (Å²) in [6.07, 6.45) is 19.9. The van der Waals surface area contributed by atoms with E-state index in [0.717, 1.165) is 60.3 Å². The molecule has 1 aromatic rings. The third-order valence-electron chi connectivity index (χ3n) is 11.9. The van der Waals surface area contributed by atoms with Crippen molar-refractivity contribution in [1.29, 1.82) is 0 Å². The first kappa shape index (κ1) is 29.5. The lowest BCUT2D eigenvalue weighted by atomic mass is 9.47. The van der Waals surface area contributed by atoms with Crippen LogP contribution in [0, 0.1) is 46.3 Å². The summed E-state index contributed by atoms with van der Waals surface area (Å²) in [6.45, 7) is 12.8. The van der Waals surface area contributed by atoms with E-state index in [9.17, 15) is 4.79 Å². The molecule has 0 radical (unpaired) electrons. The molecule has 0 heterocycles. The van der Waals surface area contributed by atoms with Crippen LogP contribution in [0.15, 0.2) is 48.1 Å². The number of carbonyl (C=O) groups excluding carboxylic acids is 1. The first-order valence-corrected chi connectivity index (χ1v) is 16.4. The van der Waals surface area contributed by atoms with Gasteiger partial charge in [0.15, 0.2) is 0 Å². The summed E-state index contributed by atoms with van der Waals surface area (Å²) in [6, 6.07) is 10.1. The number of ether oxygens (including phenoxy) is 2. The summed E-state index contributed by atoms with van der Waals surface area (Å²) < 4.78 is 11.2. The minimum Gasteiger partial charge on any atom is -0.431 e. The van der Waals surface area contributed by atoms with Crippen molar-refractivity contribution in [2.24, 2.45) is 46.3 Å². The number of allylic oxidation sites excluding steroid dienone is 1. The number of rotatable bonds is 9.